The fourth-order valence-corrected chi connectivity index (χ4v) is 4.16. The number of hydrogen-bond acceptors (Lipinski definition) is 3. The predicted molar refractivity (Wildman–Crippen MR) is 129 cm³/mol. The number of amides is 1. The Morgan fingerprint density at radius 1 is 1.00 bits per heavy atom. The average molecular weight is 445 g/mol. The van der Waals surface area contributed by atoms with E-state index in [-0.39, 0.29) is 17.9 Å². The number of nitrogens with zero attached hydrogens (tertiary/aromatic N) is 1. The Morgan fingerprint density at radius 3 is 2.06 bits per heavy atom. The molecule has 2 aromatic carbocycles. The summed E-state index contributed by atoms with van der Waals surface area (Å²) in [6.07, 6.45) is 2.79. The van der Waals surface area contributed by atoms with E-state index in [1.807, 2.05) is 12.1 Å². The highest BCUT2D eigenvalue weighted by atomic mass is 32.2. The number of benzene rings is 2. The minimum absolute atomic E-state index is 0.0269. The Morgan fingerprint density at radius 2 is 1.58 bits per heavy atom. The standard InChI is InChI=1S/C25H36N2O3S/c1-19(2)21-11-9-20(10-12-21)8-7-17-26-24(28)18-27(31(6,29)30)23-15-13-22(14-16-23)25(3,4)5/h9-16,19H,7-8,17-18H2,1-6H3,(H,26,28). The van der Waals surface area contributed by atoms with Crippen molar-refractivity contribution in [3.05, 3.63) is 65.2 Å². The van der Waals surface area contributed by atoms with Gasteiger partial charge in [-0.3, -0.25) is 9.10 Å². The van der Waals surface area contributed by atoms with Crippen LogP contribution in [0.3, 0.4) is 0 Å². The van der Waals surface area contributed by atoms with E-state index in [2.05, 4.69) is 64.2 Å². The smallest absolute Gasteiger partial charge is 0.240 e. The molecule has 0 aliphatic heterocycles. The van der Waals surface area contributed by atoms with E-state index in [4.69, 9.17) is 0 Å². The molecule has 0 unspecified atom stereocenters. The van der Waals surface area contributed by atoms with E-state index in [1.54, 1.807) is 12.1 Å². The molecule has 0 spiro atoms. The Labute approximate surface area is 187 Å². The van der Waals surface area contributed by atoms with Crippen LogP contribution in [0.15, 0.2) is 48.5 Å². The molecule has 0 atom stereocenters. The molecule has 0 aliphatic rings. The maximum absolute atomic E-state index is 12.4. The van der Waals surface area contributed by atoms with Crippen LogP contribution in [-0.4, -0.2) is 33.7 Å². The second-order valence-electron chi connectivity index (χ2n) is 9.42. The van der Waals surface area contributed by atoms with E-state index in [9.17, 15) is 13.2 Å². The lowest BCUT2D eigenvalue weighted by Gasteiger charge is -2.24. The van der Waals surface area contributed by atoms with Gasteiger partial charge in [-0.25, -0.2) is 8.42 Å². The molecule has 0 heterocycles. The van der Waals surface area contributed by atoms with Crippen molar-refractivity contribution in [3.8, 4) is 0 Å². The van der Waals surface area contributed by atoms with Crippen molar-refractivity contribution in [2.75, 3.05) is 23.7 Å². The quantitative estimate of drug-likeness (QED) is 0.574. The molecule has 0 saturated carbocycles. The third-order valence-electron chi connectivity index (χ3n) is 5.32. The fraction of sp³-hybridized carbons (Fsp3) is 0.480. The van der Waals surface area contributed by atoms with Gasteiger partial charge in [-0.2, -0.15) is 0 Å². The molecule has 1 amide bonds. The first kappa shape index (κ1) is 24.9. The van der Waals surface area contributed by atoms with Crippen molar-refractivity contribution in [2.24, 2.45) is 0 Å². The van der Waals surface area contributed by atoms with Gasteiger partial charge in [0.05, 0.1) is 11.9 Å². The second-order valence-corrected chi connectivity index (χ2v) is 11.3. The van der Waals surface area contributed by atoms with Gasteiger partial charge in [-0.15, -0.1) is 0 Å². The summed E-state index contributed by atoms with van der Waals surface area (Å²) < 4.78 is 25.7. The highest BCUT2D eigenvalue weighted by Crippen LogP contribution is 2.25. The van der Waals surface area contributed by atoms with Gasteiger partial charge in [0.25, 0.3) is 0 Å². The summed E-state index contributed by atoms with van der Waals surface area (Å²) in [5, 5.41) is 2.85. The third-order valence-corrected chi connectivity index (χ3v) is 6.46. The molecule has 31 heavy (non-hydrogen) atoms. The molecule has 0 bridgehead atoms. The number of carbonyl (C=O) groups excluding carboxylic acids is 1. The molecule has 2 aromatic rings. The first-order valence-electron chi connectivity index (χ1n) is 10.8. The van der Waals surface area contributed by atoms with E-state index in [1.165, 1.54) is 11.1 Å². The largest absolute Gasteiger partial charge is 0.355 e. The van der Waals surface area contributed by atoms with Gasteiger partial charge >= 0.3 is 0 Å². The number of nitrogens with one attached hydrogen (secondary N) is 1. The molecule has 0 fully saturated rings. The van der Waals surface area contributed by atoms with Crippen molar-refractivity contribution >= 4 is 21.6 Å². The summed E-state index contributed by atoms with van der Waals surface area (Å²) in [6.45, 7) is 10.9. The Kier molecular flexibility index (Phi) is 8.29. The first-order valence-corrected chi connectivity index (χ1v) is 12.7. The van der Waals surface area contributed by atoms with E-state index in [0.29, 0.717) is 18.2 Å². The highest BCUT2D eigenvalue weighted by Gasteiger charge is 2.21. The monoisotopic (exact) mass is 444 g/mol. The normalized spacial score (nSPS) is 12.1. The number of sulfonamides is 1. The zero-order valence-electron chi connectivity index (χ0n) is 19.6. The van der Waals surface area contributed by atoms with Crippen molar-refractivity contribution in [1.82, 2.24) is 5.32 Å². The summed E-state index contributed by atoms with van der Waals surface area (Å²) in [4.78, 5) is 12.4. The van der Waals surface area contributed by atoms with Crippen LogP contribution in [0.1, 0.15) is 63.6 Å². The van der Waals surface area contributed by atoms with Crippen molar-refractivity contribution in [1.29, 1.82) is 0 Å². The highest BCUT2D eigenvalue weighted by molar-refractivity contribution is 7.92. The number of anilines is 1. The van der Waals surface area contributed by atoms with Crippen molar-refractivity contribution in [3.63, 3.8) is 0 Å². The topological polar surface area (TPSA) is 66.5 Å². The van der Waals surface area contributed by atoms with E-state index < -0.39 is 10.0 Å². The molecule has 1 N–H and O–H groups in total. The van der Waals surface area contributed by atoms with Crippen LogP contribution >= 0.6 is 0 Å². The summed E-state index contributed by atoms with van der Waals surface area (Å²) in [5.74, 6) is 0.205. The zero-order chi connectivity index (χ0) is 23.2. The van der Waals surface area contributed by atoms with Crippen LogP contribution in [0, 0.1) is 0 Å². The van der Waals surface area contributed by atoms with Gasteiger partial charge in [0.15, 0.2) is 0 Å². The Balaban J connectivity index is 1.91. The zero-order valence-corrected chi connectivity index (χ0v) is 20.4. The van der Waals surface area contributed by atoms with Crippen molar-refractivity contribution < 1.29 is 13.2 Å². The van der Waals surface area contributed by atoms with Gasteiger partial charge in [0.1, 0.15) is 6.54 Å². The number of aryl methyl sites for hydroxylation is 1. The lowest BCUT2D eigenvalue weighted by Crippen LogP contribution is -2.40. The maximum atomic E-state index is 12.4. The van der Waals surface area contributed by atoms with Crippen LogP contribution in [0.5, 0.6) is 0 Å². The van der Waals surface area contributed by atoms with Gasteiger partial charge < -0.3 is 5.32 Å². The third kappa shape index (κ3) is 7.69. The minimum atomic E-state index is -3.57. The summed E-state index contributed by atoms with van der Waals surface area (Å²) in [5.41, 5.74) is 4.12. The summed E-state index contributed by atoms with van der Waals surface area (Å²) >= 11 is 0. The summed E-state index contributed by atoms with van der Waals surface area (Å²) in [7, 11) is -3.57. The Bertz CT molecular complexity index is 957. The van der Waals surface area contributed by atoms with Crippen molar-refractivity contribution in [2.45, 2.75) is 58.8 Å². The SMILES string of the molecule is CC(C)c1ccc(CCCNC(=O)CN(c2ccc(C(C)(C)C)cc2)S(C)(=O)=O)cc1. The first-order chi connectivity index (χ1) is 14.4. The molecular weight excluding hydrogens is 408 g/mol. The molecule has 0 saturated heterocycles. The van der Waals surface area contributed by atoms with Crippen LogP contribution < -0.4 is 9.62 Å². The molecule has 170 valence electrons. The molecule has 6 heteroatoms. The molecule has 0 radical (unpaired) electrons. The summed E-state index contributed by atoms with van der Waals surface area (Å²) in [6, 6.07) is 15.9. The molecular formula is C25H36N2O3S. The fourth-order valence-electron chi connectivity index (χ4n) is 3.30. The molecule has 0 aromatic heterocycles. The lowest BCUT2D eigenvalue weighted by atomic mass is 9.87. The predicted octanol–water partition coefficient (Wildman–Crippen LogP) is 4.62. The number of hydrogen-bond donors (Lipinski definition) is 1. The molecule has 0 aliphatic carbocycles. The number of carbonyl (C=O) groups is 1. The second kappa shape index (κ2) is 10.3. The lowest BCUT2D eigenvalue weighted by molar-refractivity contribution is -0.119. The van der Waals surface area contributed by atoms with Crippen LogP contribution in [0.2, 0.25) is 0 Å². The van der Waals surface area contributed by atoms with Gasteiger partial charge in [0.2, 0.25) is 15.9 Å². The Hall–Kier alpha value is -2.34. The van der Waals surface area contributed by atoms with Gasteiger partial charge in [0, 0.05) is 6.54 Å². The van der Waals surface area contributed by atoms with Crippen LogP contribution in [0.25, 0.3) is 0 Å². The minimum Gasteiger partial charge on any atom is -0.355 e. The molecule has 2 rings (SSSR count). The van der Waals surface area contributed by atoms with Crippen LogP contribution in [0.4, 0.5) is 5.69 Å². The van der Waals surface area contributed by atoms with E-state index >= 15 is 0 Å². The molecule has 5 nitrogen and oxygen atoms in total. The average Bonchev–Trinajstić information content (AvgIpc) is 2.68. The number of rotatable bonds is 9. The maximum Gasteiger partial charge on any atom is 0.240 e. The van der Waals surface area contributed by atoms with E-state index in [0.717, 1.165) is 29.0 Å². The van der Waals surface area contributed by atoms with Gasteiger partial charge in [-0.1, -0.05) is 71.0 Å². The van der Waals surface area contributed by atoms with Gasteiger partial charge in [-0.05, 0) is 53.0 Å². The van der Waals surface area contributed by atoms with Crippen LogP contribution in [-0.2, 0) is 26.7 Å².